The number of fused-ring (bicyclic) bond motifs is 1. The molecule has 0 saturated carbocycles. The van der Waals surface area contributed by atoms with Gasteiger partial charge in [0.1, 0.15) is 5.01 Å². The monoisotopic (exact) mass is 280 g/mol. The number of carbonyl (C=O) groups excluding carboxylic acids is 1. The van der Waals surface area contributed by atoms with E-state index < -0.39 is 0 Å². The lowest BCUT2D eigenvalue weighted by Gasteiger charge is -2.17. The third-order valence-electron chi connectivity index (χ3n) is 2.94. The first kappa shape index (κ1) is 14.0. The van der Waals surface area contributed by atoms with Gasteiger partial charge in [0.15, 0.2) is 0 Å². The van der Waals surface area contributed by atoms with Crippen LogP contribution in [0.2, 0.25) is 0 Å². The van der Waals surface area contributed by atoms with Crippen LogP contribution in [0.5, 0.6) is 0 Å². The third kappa shape index (κ3) is 2.78. The van der Waals surface area contributed by atoms with Crippen molar-refractivity contribution in [3.8, 4) is 0 Å². The van der Waals surface area contributed by atoms with Crippen LogP contribution in [-0.2, 0) is 17.8 Å². The Morgan fingerprint density at radius 3 is 2.68 bits per heavy atom. The maximum absolute atomic E-state index is 11.9. The van der Waals surface area contributed by atoms with Gasteiger partial charge in [0, 0.05) is 5.41 Å². The molecule has 0 fully saturated rings. The van der Waals surface area contributed by atoms with Gasteiger partial charge in [-0.2, -0.15) is 5.10 Å². The van der Waals surface area contributed by atoms with E-state index in [-0.39, 0.29) is 11.3 Å². The van der Waals surface area contributed by atoms with Crippen LogP contribution in [0.15, 0.2) is 0 Å². The Morgan fingerprint density at radius 1 is 1.42 bits per heavy atom. The van der Waals surface area contributed by atoms with Crippen LogP contribution < -0.4 is 5.32 Å². The summed E-state index contributed by atoms with van der Waals surface area (Å²) in [5.74, 6) is 0.0350. The highest BCUT2D eigenvalue weighted by Gasteiger charge is 2.22. The molecule has 1 N–H and O–H groups in total. The fourth-order valence-electron chi connectivity index (χ4n) is 1.71. The summed E-state index contributed by atoms with van der Waals surface area (Å²) in [6.45, 7) is 10.2. The second-order valence-electron chi connectivity index (χ2n) is 5.62. The number of amides is 1. The van der Waals surface area contributed by atoms with Crippen molar-refractivity contribution in [2.45, 2.75) is 47.6 Å². The van der Waals surface area contributed by atoms with Crippen LogP contribution in [0.4, 0.5) is 0 Å². The average molecular weight is 280 g/mol. The molecule has 0 aromatic carbocycles. The van der Waals surface area contributed by atoms with Gasteiger partial charge in [0.05, 0.1) is 17.9 Å². The molecule has 2 rings (SSSR count). The number of hydrogen-bond donors (Lipinski definition) is 1. The Balaban J connectivity index is 2.22. The lowest BCUT2D eigenvalue weighted by molar-refractivity contribution is -0.128. The minimum atomic E-state index is -0.381. The first-order valence-electron chi connectivity index (χ1n) is 6.45. The number of nitrogens with zero attached hydrogens (tertiary/aromatic N) is 3. The van der Waals surface area contributed by atoms with E-state index in [0.717, 1.165) is 27.8 Å². The fraction of sp³-hybridized carbons (Fsp3) is 0.615. The Morgan fingerprint density at radius 2 is 2.11 bits per heavy atom. The highest BCUT2D eigenvalue weighted by atomic mass is 32.1. The molecule has 2 aromatic rings. The molecule has 0 saturated heterocycles. The Hall–Kier alpha value is -1.43. The summed E-state index contributed by atoms with van der Waals surface area (Å²) in [7, 11) is 0. The molecule has 5 nitrogen and oxygen atoms in total. The predicted octanol–water partition coefficient (Wildman–Crippen LogP) is 2.32. The van der Waals surface area contributed by atoms with Crippen molar-refractivity contribution in [1.29, 1.82) is 0 Å². The van der Waals surface area contributed by atoms with E-state index in [1.807, 2.05) is 32.2 Å². The highest BCUT2D eigenvalue weighted by molar-refractivity contribution is 7.16. The maximum Gasteiger partial charge on any atom is 0.225 e. The number of hydrogen-bond acceptors (Lipinski definition) is 4. The van der Waals surface area contributed by atoms with Gasteiger partial charge >= 0.3 is 0 Å². The molecule has 19 heavy (non-hydrogen) atoms. The van der Waals surface area contributed by atoms with Crippen molar-refractivity contribution in [1.82, 2.24) is 19.9 Å². The quantitative estimate of drug-likeness (QED) is 0.938. The summed E-state index contributed by atoms with van der Waals surface area (Å²) >= 11 is 1.60. The molecule has 0 spiro atoms. The molecule has 0 bridgehead atoms. The highest BCUT2D eigenvalue weighted by Crippen LogP contribution is 2.19. The van der Waals surface area contributed by atoms with Crippen LogP contribution in [-0.4, -0.2) is 20.5 Å². The lowest BCUT2D eigenvalue weighted by atomic mass is 9.96. The van der Waals surface area contributed by atoms with E-state index in [0.29, 0.717) is 6.54 Å². The molecule has 0 radical (unpaired) electrons. The summed E-state index contributed by atoms with van der Waals surface area (Å²) in [4.78, 5) is 17.3. The van der Waals surface area contributed by atoms with E-state index in [1.54, 1.807) is 11.3 Å². The van der Waals surface area contributed by atoms with Crippen molar-refractivity contribution in [2.24, 2.45) is 5.41 Å². The lowest BCUT2D eigenvalue weighted by Crippen LogP contribution is -2.34. The fourth-order valence-corrected chi connectivity index (χ4v) is 2.60. The molecular formula is C13H20N4OS. The number of nitrogens with one attached hydrogen (secondary N) is 1. The van der Waals surface area contributed by atoms with Gasteiger partial charge in [-0.25, -0.2) is 9.50 Å². The molecule has 2 heterocycles. The first-order valence-corrected chi connectivity index (χ1v) is 7.26. The minimum Gasteiger partial charge on any atom is -0.350 e. The second kappa shape index (κ2) is 4.92. The van der Waals surface area contributed by atoms with Gasteiger partial charge in [0.25, 0.3) is 0 Å². The Labute approximate surface area is 117 Å². The zero-order chi connectivity index (χ0) is 14.2. The first-order chi connectivity index (χ1) is 8.82. The van der Waals surface area contributed by atoms with E-state index >= 15 is 0 Å². The van der Waals surface area contributed by atoms with E-state index in [1.165, 1.54) is 0 Å². The number of aryl methyl sites for hydroxylation is 2. The molecule has 6 heteroatoms. The molecule has 0 unspecified atom stereocenters. The predicted molar refractivity (Wildman–Crippen MR) is 76.3 cm³/mol. The average Bonchev–Trinajstić information content (AvgIpc) is 2.82. The molecule has 0 aliphatic heterocycles. The van der Waals surface area contributed by atoms with Crippen molar-refractivity contribution in [3.05, 3.63) is 16.4 Å². The van der Waals surface area contributed by atoms with Crippen LogP contribution in [0.3, 0.4) is 0 Å². The van der Waals surface area contributed by atoms with Gasteiger partial charge in [-0.3, -0.25) is 4.79 Å². The number of rotatable bonds is 3. The van der Waals surface area contributed by atoms with Gasteiger partial charge in [0.2, 0.25) is 10.9 Å². The zero-order valence-electron chi connectivity index (χ0n) is 12.1. The number of aromatic nitrogens is 3. The molecule has 0 aliphatic rings. The summed E-state index contributed by atoms with van der Waals surface area (Å²) in [5, 5.41) is 8.52. The van der Waals surface area contributed by atoms with Gasteiger partial charge < -0.3 is 5.32 Å². The smallest absolute Gasteiger partial charge is 0.225 e. The summed E-state index contributed by atoms with van der Waals surface area (Å²) < 4.78 is 1.85. The summed E-state index contributed by atoms with van der Waals surface area (Å²) in [5.41, 5.74) is 1.51. The second-order valence-corrected chi connectivity index (χ2v) is 6.66. The van der Waals surface area contributed by atoms with Crippen LogP contribution in [0.25, 0.3) is 4.96 Å². The van der Waals surface area contributed by atoms with E-state index in [9.17, 15) is 4.79 Å². The topological polar surface area (TPSA) is 59.3 Å². The molecule has 1 amide bonds. The van der Waals surface area contributed by atoms with E-state index in [2.05, 4.69) is 22.3 Å². The van der Waals surface area contributed by atoms with Crippen LogP contribution in [0, 0.1) is 12.3 Å². The maximum atomic E-state index is 11.9. The molecule has 0 atom stereocenters. The molecule has 2 aromatic heterocycles. The van der Waals surface area contributed by atoms with Crippen LogP contribution >= 0.6 is 11.3 Å². The summed E-state index contributed by atoms with van der Waals surface area (Å²) in [6.07, 6.45) is 0.904. The largest absolute Gasteiger partial charge is 0.350 e. The van der Waals surface area contributed by atoms with Gasteiger partial charge in [-0.15, -0.1) is 0 Å². The molecular weight excluding hydrogens is 260 g/mol. The zero-order valence-corrected chi connectivity index (χ0v) is 12.9. The van der Waals surface area contributed by atoms with Gasteiger partial charge in [-0.1, -0.05) is 39.0 Å². The Kier molecular flexibility index (Phi) is 3.62. The normalized spacial score (nSPS) is 12.1. The van der Waals surface area contributed by atoms with Crippen molar-refractivity contribution in [2.75, 3.05) is 0 Å². The Bertz CT molecular complexity index is 606. The van der Waals surface area contributed by atoms with Crippen molar-refractivity contribution < 1.29 is 4.79 Å². The minimum absolute atomic E-state index is 0.0350. The van der Waals surface area contributed by atoms with Crippen molar-refractivity contribution >= 4 is 22.2 Å². The number of imidazole rings is 1. The third-order valence-corrected chi connectivity index (χ3v) is 3.99. The van der Waals surface area contributed by atoms with Gasteiger partial charge in [-0.05, 0) is 13.3 Å². The van der Waals surface area contributed by atoms with Crippen molar-refractivity contribution in [3.63, 3.8) is 0 Å². The number of carbonyl (C=O) groups is 1. The molecule has 104 valence electrons. The SMILES string of the molecule is CCc1nn2c(CNC(=O)C(C)(C)C)c(C)nc2s1. The standard InChI is InChI=1S/C13H20N4OS/c1-6-10-16-17-9(8(2)15-12(17)19-10)7-14-11(18)13(3,4)5/h6-7H2,1-5H3,(H,14,18). The van der Waals surface area contributed by atoms with Crippen LogP contribution in [0.1, 0.15) is 44.1 Å². The van der Waals surface area contributed by atoms with E-state index in [4.69, 9.17) is 0 Å². The molecule has 0 aliphatic carbocycles. The summed E-state index contributed by atoms with van der Waals surface area (Å²) in [6, 6.07) is 0.